The van der Waals surface area contributed by atoms with Gasteiger partial charge in [0, 0.05) is 24.1 Å². The molecule has 134 valence electrons. The monoisotopic (exact) mass is 373 g/mol. The Morgan fingerprint density at radius 1 is 0.889 bits per heavy atom. The molecule has 1 aromatic heterocycles. The Labute approximate surface area is 163 Å². The lowest BCUT2D eigenvalue weighted by atomic mass is 9.94. The first-order valence-corrected chi connectivity index (χ1v) is 9.60. The van der Waals surface area contributed by atoms with Crippen LogP contribution in [0.5, 0.6) is 0 Å². The number of aromatic carboxylic acids is 1. The molecule has 0 aliphatic carbocycles. The topological polar surface area (TPSA) is 44.0 Å². The number of pyridine rings is 1. The van der Waals surface area contributed by atoms with Crippen molar-refractivity contribution in [3.8, 4) is 11.1 Å². The van der Waals surface area contributed by atoms with Crippen LogP contribution in [0.1, 0.15) is 16.8 Å². The van der Waals surface area contributed by atoms with Crippen LogP contribution in [0.2, 0.25) is 0 Å². The van der Waals surface area contributed by atoms with Crippen molar-refractivity contribution < 1.29 is 14.5 Å². The highest BCUT2D eigenvalue weighted by Gasteiger charge is 2.23. The van der Waals surface area contributed by atoms with Crippen LogP contribution >= 0.6 is 12.6 Å². The number of aromatic nitrogens is 1. The molecular weight excluding hydrogens is 354 g/mol. The van der Waals surface area contributed by atoms with Crippen molar-refractivity contribution in [2.75, 3.05) is 5.75 Å². The molecule has 3 aromatic carbocycles. The number of carbonyl (C=O) groups excluding carboxylic acids is 1. The zero-order chi connectivity index (χ0) is 18.8. The van der Waals surface area contributed by atoms with Gasteiger partial charge in [0.1, 0.15) is 6.54 Å². The molecule has 0 amide bonds. The molecule has 0 saturated heterocycles. The maximum Gasteiger partial charge on any atom is 0.214 e. The van der Waals surface area contributed by atoms with Gasteiger partial charge in [0.25, 0.3) is 0 Å². The van der Waals surface area contributed by atoms with E-state index in [0.717, 1.165) is 46.3 Å². The smallest absolute Gasteiger partial charge is 0.214 e. The molecule has 0 radical (unpaired) electrons. The number of para-hydroxylation sites is 1. The van der Waals surface area contributed by atoms with Gasteiger partial charge in [0.05, 0.1) is 16.7 Å². The molecule has 0 bridgehead atoms. The third-order valence-electron chi connectivity index (χ3n) is 4.88. The number of aryl methyl sites for hydroxylation is 1. The van der Waals surface area contributed by atoms with E-state index < -0.39 is 5.97 Å². The Balaban J connectivity index is 2.20. The fraction of sp³-hybridized carbons (Fsp3) is 0.130. The van der Waals surface area contributed by atoms with Crippen molar-refractivity contribution in [3.63, 3.8) is 0 Å². The van der Waals surface area contributed by atoms with Crippen LogP contribution in [-0.4, -0.2) is 11.7 Å². The highest BCUT2D eigenvalue weighted by Crippen LogP contribution is 2.33. The number of thiol groups is 1. The third kappa shape index (κ3) is 3.06. The minimum absolute atomic E-state index is 0.252. The normalized spacial score (nSPS) is 11.1. The summed E-state index contributed by atoms with van der Waals surface area (Å²) in [6.07, 6.45) is 0.896. The first-order chi connectivity index (χ1) is 13.2. The number of carboxylic acids is 1. The van der Waals surface area contributed by atoms with Crippen LogP contribution in [0.15, 0.2) is 72.8 Å². The van der Waals surface area contributed by atoms with Gasteiger partial charge in [-0.25, -0.2) is 0 Å². The maximum absolute atomic E-state index is 12.2. The zero-order valence-electron chi connectivity index (χ0n) is 14.8. The zero-order valence-corrected chi connectivity index (χ0v) is 15.7. The summed E-state index contributed by atoms with van der Waals surface area (Å²) in [6.45, 7) is 0.770. The molecule has 0 unspecified atom stereocenters. The summed E-state index contributed by atoms with van der Waals surface area (Å²) >= 11 is 4.35. The minimum atomic E-state index is -1.15. The molecule has 4 rings (SSSR count). The quantitative estimate of drug-likeness (QED) is 0.330. The standard InChI is InChI=1S/C23H19NO2S/c25-23(26)22-18-10-4-5-12-19(18)24(14-7-15-27)20-13-6-11-17(21(20)22)16-8-2-1-3-9-16/h1-6,8-13H,7,14-15H2,(H-,25,26,27). The number of carboxylic acid groups (broad SMARTS) is 1. The number of benzene rings is 3. The SMILES string of the molecule is O=C([O-])c1c2ccccc2[n+](CCCS)c2cccc(-c3ccccc3)c12. The summed E-state index contributed by atoms with van der Waals surface area (Å²) in [4.78, 5) is 12.2. The molecule has 0 aliphatic heterocycles. The molecule has 4 heteroatoms. The third-order valence-corrected chi connectivity index (χ3v) is 5.19. The van der Waals surface area contributed by atoms with Gasteiger partial charge in [-0.15, -0.1) is 0 Å². The van der Waals surface area contributed by atoms with E-state index in [9.17, 15) is 9.90 Å². The van der Waals surface area contributed by atoms with E-state index in [0.29, 0.717) is 5.39 Å². The molecule has 4 aromatic rings. The van der Waals surface area contributed by atoms with Crippen molar-refractivity contribution in [2.24, 2.45) is 0 Å². The summed E-state index contributed by atoms with van der Waals surface area (Å²) in [5.41, 5.74) is 3.94. The second kappa shape index (κ2) is 7.41. The van der Waals surface area contributed by atoms with Crippen LogP contribution in [0.4, 0.5) is 0 Å². The number of carbonyl (C=O) groups is 1. The highest BCUT2D eigenvalue weighted by atomic mass is 32.1. The van der Waals surface area contributed by atoms with Gasteiger partial charge in [-0.2, -0.15) is 17.2 Å². The lowest BCUT2D eigenvalue weighted by Gasteiger charge is -2.15. The Bertz CT molecular complexity index is 1140. The Hall–Kier alpha value is -2.85. The van der Waals surface area contributed by atoms with E-state index >= 15 is 0 Å². The molecule has 0 fully saturated rings. The summed E-state index contributed by atoms with van der Waals surface area (Å²) in [6, 6.07) is 23.5. The molecule has 3 nitrogen and oxygen atoms in total. The molecule has 0 aliphatic rings. The number of fused-ring (bicyclic) bond motifs is 2. The van der Waals surface area contributed by atoms with Gasteiger partial charge in [0.2, 0.25) is 11.0 Å². The predicted octanol–water partition coefficient (Wildman–Crippen LogP) is 3.63. The fourth-order valence-electron chi connectivity index (χ4n) is 3.75. The van der Waals surface area contributed by atoms with Crippen LogP contribution in [0.25, 0.3) is 32.9 Å². The maximum atomic E-state index is 12.2. The largest absolute Gasteiger partial charge is 0.545 e. The number of nitrogens with zero attached hydrogens (tertiary/aromatic N) is 1. The first-order valence-electron chi connectivity index (χ1n) is 8.97. The second-order valence-corrected chi connectivity index (χ2v) is 6.92. The number of rotatable bonds is 5. The second-order valence-electron chi connectivity index (χ2n) is 6.47. The van der Waals surface area contributed by atoms with E-state index in [2.05, 4.69) is 17.2 Å². The molecule has 1 heterocycles. The van der Waals surface area contributed by atoms with E-state index in [4.69, 9.17) is 0 Å². The van der Waals surface area contributed by atoms with Crippen molar-refractivity contribution in [1.29, 1.82) is 0 Å². The van der Waals surface area contributed by atoms with Gasteiger partial charge < -0.3 is 9.90 Å². The van der Waals surface area contributed by atoms with Crippen LogP contribution in [0.3, 0.4) is 0 Å². The molecule has 0 N–H and O–H groups in total. The Morgan fingerprint density at radius 2 is 1.59 bits per heavy atom. The average Bonchev–Trinajstić information content (AvgIpc) is 2.71. The summed E-state index contributed by atoms with van der Waals surface area (Å²) < 4.78 is 2.19. The first kappa shape index (κ1) is 17.6. The van der Waals surface area contributed by atoms with Gasteiger partial charge in [-0.05, 0) is 22.9 Å². The molecule has 0 spiro atoms. The van der Waals surface area contributed by atoms with E-state index in [-0.39, 0.29) is 5.56 Å². The molecule has 0 saturated carbocycles. The van der Waals surface area contributed by atoms with Crippen molar-refractivity contribution in [2.45, 2.75) is 13.0 Å². The number of hydrogen-bond acceptors (Lipinski definition) is 3. The highest BCUT2D eigenvalue weighted by molar-refractivity contribution is 7.80. The van der Waals surface area contributed by atoms with Gasteiger partial charge in [-0.1, -0.05) is 54.6 Å². The van der Waals surface area contributed by atoms with E-state index in [1.54, 1.807) is 0 Å². The van der Waals surface area contributed by atoms with Gasteiger partial charge in [0.15, 0.2) is 0 Å². The summed E-state index contributed by atoms with van der Waals surface area (Å²) in [5, 5.41) is 13.6. The average molecular weight is 373 g/mol. The Kier molecular flexibility index (Phi) is 4.82. The Morgan fingerprint density at radius 3 is 2.33 bits per heavy atom. The van der Waals surface area contributed by atoms with Crippen LogP contribution in [-0.2, 0) is 6.54 Å². The number of hydrogen-bond donors (Lipinski definition) is 1. The van der Waals surface area contributed by atoms with Crippen molar-refractivity contribution >= 4 is 40.4 Å². The van der Waals surface area contributed by atoms with Crippen molar-refractivity contribution in [3.05, 3.63) is 78.4 Å². The van der Waals surface area contributed by atoms with E-state index in [1.165, 1.54) is 0 Å². The van der Waals surface area contributed by atoms with Crippen molar-refractivity contribution in [1.82, 2.24) is 0 Å². The molecular formula is C23H19NO2S. The molecule has 0 atom stereocenters. The fourth-order valence-corrected chi connectivity index (χ4v) is 3.89. The lowest BCUT2D eigenvalue weighted by Crippen LogP contribution is -2.37. The van der Waals surface area contributed by atoms with Gasteiger partial charge in [-0.3, -0.25) is 0 Å². The van der Waals surface area contributed by atoms with Crippen LogP contribution < -0.4 is 9.67 Å². The summed E-state index contributed by atoms with van der Waals surface area (Å²) in [7, 11) is 0. The van der Waals surface area contributed by atoms with Gasteiger partial charge >= 0.3 is 0 Å². The molecule has 27 heavy (non-hydrogen) atoms. The van der Waals surface area contributed by atoms with Crippen LogP contribution in [0, 0.1) is 0 Å². The minimum Gasteiger partial charge on any atom is -0.545 e. The predicted molar refractivity (Wildman–Crippen MR) is 110 cm³/mol. The summed E-state index contributed by atoms with van der Waals surface area (Å²) in [5.74, 6) is -0.385. The lowest BCUT2D eigenvalue weighted by molar-refractivity contribution is -0.645. The van der Waals surface area contributed by atoms with E-state index in [1.807, 2.05) is 72.8 Å².